The number of piperidine rings is 1. The van der Waals surface area contributed by atoms with Gasteiger partial charge in [0.25, 0.3) is 0 Å². The van der Waals surface area contributed by atoms with E-state index in [2.05, 4.69) is 5.16 Å². The highest BCUT2D eigenvalue weighted by molar-refractivity contribution is 7.89. The SMILES string of the molecule is CCN(CCN(C)C)C(=O)C1CCCN(S(=O)(=O)c2c(C)noc2/C=C/c2ccc(C)cc2)C1. The average Bonchev–Trinajstić information content (AvgIpc) is 3.20. The molecule has 0 bridgehead atoms. The second-order valence-corrected chi connectivity index (χ2v) is 11.0. The van der Waals surface area contributed by atoms with Gasteiger partial charge in [0, 0.05) is 32.7 Å². The van der Waals surface area contributed by atoms with Crippen molar-refractivity contribution in [1.82, 2.24) is 19.3 Å². The normalized spacial score (nSPS) is 17.5. The summed E-state index contributed by atoms with van der Waals surface area (Å²) in [6.07, 6.45) is 4.78. The van der Waals surface area contributed by atoms with Gasteiger partial charge in [-0.15, -0.1) is 0 Å². The van der Waals surface area contributed by atoms with E-state index in [1.54, 1.807) is 13.0 Å². The zero-order valence-electron chi connectivity index (χ0n) is 20.8. The molecule has 1 aromatic heterocycles. The number of aromatic nitrogens is 1. The molecule has 9 heteroatoms. The fourth-order valence-corrected chi connectivity index (χ4v) is 5.92. The summed E-state index contributed by atoms with van der Waals surface area (Å²) < 4.78 is 34.1. The van der Waals surface area contributed by atoms with Gasteiger partial charge >= 0.3 is 0 Å². The van der Waals surface area contributed by atoms with E-state index in [-0.39, 0.29) is 29.0 Å². The van der Waals surface area contributed by atoms with Crippen molar-refractivity contribution in [2.75, 3.05) is 46.8 Å². The Morgan fingerprint density at radius 2 is 1.88 bits per heavy atom. The van der Waals surface area contributed by atoms with Crippen LogP contribution >= 0.6 is 0 Å². The number of benzene rings is 1. The van der Waals surface area contributed by atoms with Crippen LogP contribution in [-0.2, 0) is 14.8 Å². The lowest BCUT2D eigenvalue weighted by Crippen LogP contribution is -2.48. The van der Waals surface area contributed by atoms with Crippen LogP contribution in [-0.4, -0.2) is 80.4 Å². The molecule has 1 amide bonds. The number of rotatable bonds is 9. The summed E-state index contributed by atoms with van der Waals surface area (Å²) >= 11 is 0. The molecule has 1 unspecified atom stereocenters. The first-order chi connectivity index (χ1) is 16.1. The molecule has 2 heterocycles. The summed E-state index contributed by atoms with van der Waals surface area (Å²) in [5.74, 6) is -0.129. The van der Waals surface area contributed by atoms with E-state index in [1.165, 1.54) is 4.31 Å². The minimum absolute atomic E-state index is 0.0192. The third-order valence-corrected chi connectivity index (χ3v) is 8.20. The number of hydrogen-bond donors (Lipinski definition) is 0. The van der Waals surface area contributed by atoms with Crippen LogP contribution < -0.4 is 0 Å². The Morgan fingerprint density at radius 1 is 1.18 bits per heavy atom. The van der Waals surface area contributed by atoms with Gasteiger partial charge in [0.1, 0.15) is 5.69 Å². The maximum atomic E-state index is 13.6. The number of carbonyl (C=O) groups is 1. The van der Waals surface area contributed by atoms with Gasteiger partial charge < -0.3 is 14.3 Å². The quantitative estimate of drug-likeness (QED) is 0.538. The van der Waals surface area contributed by atoms with Crippen LogP contribution in [0.15, 0.2) is 33.7 Å². The van der Waals surface area contributed by atoms with Gasteiger partial charge in [0.05, 0.1) is 5.92 Å². The maximum absolute atomic E-state index is 13.6. The zero-order valence-corrected chi connectivity index (χ0v) is 21.6. The van der Waals surface area contributed by atoms with Crippen molar-refractivity contribution in [3.05, 3.63) is 46.8 Å². The molecule has 1 saturated heterocycles. The molecule has 1 atom stereocenters. The summed E-state index contributed by atoms with van der Waals surface area (Å²) in [5.41, 5.74) is 2.40. The van der Waals surface area contributed by atoms with E-state index in [1.807, 2.05) is 68.1 Å². The zero-order chi connectivity index (χ0) is 24.9. The lowest BCUT2D eigenvalue weighted by atomic mass is 9.98. The molecule has 1 aliphatic rings. The second kappa shape index (κ2) is 11.3. The topological polar surface area (TPSA) is 87.0 Å². The third kappa shape index (κ3) is 6.14. The Morgan fingerprint density at radius 3 is 2.53 bits per heavy atom. The molecule has 1 aliphatic heterocycles. The van der Waals surface area contributed by atoms with E-state index in [0.717, 1.165) is 17.7 Å². The Hall–Kier alpha value is -2.49. The summed E-state index contributed by atoms with van der Waals surface area (Å²) in [6.45, 7) is 8.15. The third-order valence-electron chi connectivity index (χ3n) is 6.18. The number of aryl methyl sites for hydroxylation is 2. The predicted octanol–water partition coefficient (Wildman–Crippen LogP) is 3.27. The van der Waals surface area contributed by atoms with Crippen molar-refractivity contribution in [1.29, 1.82) is 0 Å². The number of likely N-dealkylation sites (N-methyl/N-ethyl adjacent to an activating group) is 2. The molecule has 0 saturated carbocycles. The Labute approximate surface area is 203 Å². The maximum Gasteiger partial charge on any atom is 0.248 e. The van der Waals surface area contributed by atoms with Gasteiger partial charge in [-0.3, -0.25) is 4.79 Å². The Bertz CT molecular complexity index is 1110. The van der Waals surface area contributed by atoms with Crippen LogP contribution in [0.4, 0.5) is 0 Å². The van der Waals surface area contributed by atoms with E-state index >= 15 is 0 Å². The van der Waals surface area contributed by atoms with Crippen molar-refractivity contribution in [3.63, 3.8) is 0 Å². The van der Waals surface area contributed by atoms with Gasteiger partial charge in [0.15, 0.2) is 10.7 Å². The van der Waals surface area contributed by atoms with Gasteiger partial charge in [-0.1, -0.05) is 41.1 Å². The molecule has 1 aromatic carbocycles. The molecule has 1 fully saturated rings. The minimum atomic E-state index is -3.87. The number of amides is 1. The first kappa shape index (κ1) is 26.1. The largest absolute Gasteiger partial charge is 0.355 e. The Kier molecular flexibility index (Phi) is 8.67. The molecule has 2 aromatic rings. The minimum Gasteiger partial charge on any atom is -0.355 e. The fraction of sp³-hybridized carbons (Fsp3) is 0.520. The number of carbonyl (C=O) groups excluding carboxylic acids is 1. The van der Waals surface area contributed by atoms with Crippen LogP contribution in [0.25, 0.3) is 12.2 Å². The van der Waals surface area contributed by atoms with Crippen molar-refractivity contribution in [2.45, 2.75) is 38.5 Å². The molecular weight excluding hydrogens is 452 g/mol. The summed E-state index contributed by atoms with van der Waals surface area (Å²) in [6, 6.07) is 7.90. The highest BCUT2D eigenvalue weighted by atomic mass is 32.2. The number of hydrogen-bond acceptors (Lipinski definition) is 6. The summed E-state index contributed by atoms with van der Waals surface area (Å²) in [4.78, 5) is 17.1. The van der Waals surface area contributed by atoms with E-state index in [0.29, 0.717) is 38.2 Å². The molecule has 0 radical (unpaired) electrons. The first-order valence-corrected chi connectivity index (χ1v) is 13.2. The molecule has 0 spiro atoms. The van der Waals surface area contributed by atoms with Crippen molar-refractivity contribution in [3.8, 4) is 0 Å². The van der Waals surface area contributed by atoms with Gasteiger partial charge in [0.2, 0.25) is 15.9 Å². The standard InChI is InChI=1S/C25H36N4O4S/c1-6-28(17-16-27(4)5)25(30)22-8-7-15-29(18-22)34(31,32)24-20(3)26-33-23(24)14-13-21-11-9-19(2)10-12-21/h9-14,22H,6-8,15-18H2,1-5H3/b14-13+. The highest BCUT2D eigenvalue weighted by Gasteiger charge is 2.37. The smallest absolute Gasteiger partial charge is 0.248 e. The molecule has 0 aliphatic carbocycles. The number of sulfonamides is 1. The molecule has 34 heavy (non-hydrogen) atoms. The van der Waals surface area contributed by atoms with Crippen LogP contribution in [0.1, 0.15) is 42.3 Å². The number of nitrogens with zero attached hydrogens (tertiary/aromatic N) is 4. The Balaban J connectivity index is 1.80. The molecule has 8 nitrogen and oxygen atoms in total. The first-order valence-electron chi connectivity index (χ1n) is 11.8. The molecular formula is C25H36N4O4S. The van der Waals surface area contributed by atoms with Crippen molar-refractivity contribution in [2.24, 2.45) is 5.92 Å². The van der Waals surface area contributed by atoms with E-state index < -0.39 is 10.0 Å². The summed E-state index contributed by atoms with van der Waals surface area (Å²) in [7, 11) is 0.0744. The lowest BCUT2D eigenvalue weighted by Gasteiger charge is -2.34. The molecule has 186 valence electrons. The van der Waals surface area contributed by atoms with Crippen LogP contribution in [0.2, 0.25) is 0 Å². The van der Waals surface area contributed by atoms with E-state index in [4.69, 9.17) is 4.52 Å². The van der Waals surface area contributed by atoms with Gasteiger partial charge in [-0.2, -0.15) is 4.31 Å². The van der Waals surface area contributed by atoms with E-state index in [9.17, 15) is 13.2 Å². The van der Waals surface area contributed by atoms with Crippen molar-refractivity contribution < 1.29 is 17.7 Å². The van der Waals surface area contributed by atoms with Crippen LogP contribution in [0.5, 0.6) is 0 Å². The van der Waals surface area contributed by atoms with Crippen LogP contribution in [0.3, 0.4) is 0 Å². The average molecular weight is 489 g/mol. The van der Waals surface area contributed by atoms with Crippen molar-refractivity contribution >= 4 is 28.1 Å². The lowest BCUT2D eigenvalue weighted by molar-refractivity contribution is -0.136. The second-order valence-electron chi connectivity index (χ2n) is 9.13. The molecule has 0 N–H and O–H groups in total. The monoisotopic (exact) mass is 488 g/mol. The van der Waals surface area contributed by atoms with Crippen LogP contribution in [0, 0.1) is 19.8 Å². The highest BCUT2D eigenvalue weighted by Crippen LogP contribution is 2.30. The molecule has 3 rings (SSSR count). The summed E-state index contributed by atoms with van der Waals surface area (Å²) in [5, 5.41) is 3.93. The fourth-order valence-electron chi connectivity index (χ4n) is 4.14. The predicted molar refractivity (Wildman–Crippen MR) is 134 cm³/mol. The van der Waals surface area contributed by atoms with Gasteiger partial charge in [-0.05, 0) is 59.3 Å². The van der Waals surface area contributed by atoms with Gasteiger partial charge in [-0.25, -0.2) is 8.42 Å².